The molecule has 1 amide bonds. The normalized spacial score (nSPS) is 15.1. The Bertz CT molecular complexity index is 2510. The number of nitrogens with zero attached hydrogens (tertiary/aromatic N) is 4. The summed E-state index contributed by atoms with van der Waals surface area (Å²) in [5.41, 5.74) is 1.08. The van der Waals surface area contributed by atoms with Crippen LogP contribution in [-0.2, 0) is 19.6 Å². The van der Waals surface area contributed by atoms with Crippen LogP contribution >= 0.6 is 0 Å². The van der Waals surface area contributed by atoms with E-state index in [1.54, 1.807) is 42.5 Å². The van der Waals surface area contributed by atoms with E-state index in [1.165, 1.54) is 99.1 Å². The SMILES string of the molecule is CCCCCCCCCCCCCCCCCCN1C(C(C(=O)Nc2ccccc2Oc2ccccc2OCC(CCC(C)CC(C)(C)C)C(C)CC(C)(C)C)n2cc(C(=O)OC)cn2)=Nc2ccccc2S1(=O)=O. The summed E-state index contributed by atoms with van der Waals surface area (Å²) in [6.45, 7) is 21.4. The van der Waals surface area contributed by atoms with Crippen LogP contribution in [0.5, 0.6) is 17.2 Å². The molecule has 0 spiro atoms. The smallest absolute Gasteiger partial charge is 0.341 e. The van der Waals surface area contributed by atoms with Crippen LogP contribution in [0.1, 0.15) is 207 Å². The van der Waals surface area contributed by atoms with Gasteiger partial charge in [-0.05, 0) is 90.7 Å². The molecule has 4 aromatic rings. The second kappa shape index (κ2) is 29.9. The van der Waals surface area contributed by atoms with Crippen molar-refractivity contribution in [1.82, 2.24) is 14.1 Å². The number of hydrogen-bond acceptors (Lipinski definition) is 9. The number of carbonyl (C=O) groups excluding carboxylic acids is 2. The second-order valence-electron chi connectivity index (χ2n) is 23.7. The molecule has 0 saturated heterocycles. The minimum absolute atomic E-state index is 0.0353. The monoisotopic (exact) mass is 1050 g/mol. The summed E-state index contributed by atoms with van der Waals surface area (Å²) in [7, 11) is -2.91. The Kier molecular flexibility index (Phi) is 24.2. The zero-order valence-electron chi connectivity index (χ0n) is 47.5. The number of sulfonamides is 1. The number of unbranched alkanes of at least 4 members (excludes halogenated alkanes) is 15. The van der Waals surface area contributed by atoms with Gasteiger partial charge < -0.3 is 19.5 Å². The molecule has 4 atom stereocenters. The maximum absolute atomic E-state index is 15.1. The second-order valence-corrected chi connectivity index (χ2v) is 25.5. The van der Waals surface area contributed by atoms with Crippen LogP contribution in [0.4, 0.5) is 11.4 Å². The zero-order valence-corrected chi connectivity index (χ0v) is 48.3. The highest BCUT2D eigenvalue weighted by Crippen LogP contribution is 2.40. The quantitative estimate of drug-likeness (QED) is 0.0367. The molecule has 13 heteroatoms. The maximum Gasteiger partial charge on any atom is 0.341 e. The highest BCUT2D eigenvalue weighted by Gasteiger charge is 2.41. The summed E-state index contributed by atoms with van der Waals surface area (Å²) in [5.74, 6) is 1.44. The number of ether oxygens (including phenoxy) is 3. The van der Waals surface area contributed by atoms with Crippen LogP contribution in [-0.4, -0.2) is 60.5 Å². The first-order valence-corrected chi connectivity index (χ1v) is 29.9. The molecule has 75 heavy (non-hydrogen) atoms. The number of hydrogen-bond donors (Lipinski definition) is 1. The van der Waals surface area contributed by atoms with Gasteiger partial charge in [-0.25, -0.2) is 18.2 Å². The number of methoxy groups -OCH3 is 1. The number of amidine groups is 1. The van der Waals surface area contributed by atoms with Crippen molar-refractivity contribution in [1.29, 1.82) is 0 Å². The van der Waals surface area contributed by atoms with E-state index in [4.69, 9.17) is 19.2 Å². The van der Waals surface area contributed by atoms with E-state index in [0.29, 0.717) is 53.7 Å². The number of amides is 1. The number of esters is 1. The fourth-order valence-corrected chi connectivity index (χ4v) is 12.2. The van der Waals surface area contributed by atoms with E-state index in [1.807, 2.05) is 30.3 Å². The summed E-state index contributed by atoms with van der Waals surface area (Å²) in [6, 6.07) is 19.8. The van der Waals surface area contributed by atoms with Gasteiger partial charge in [-0.2, -0.15) is 5.10 Å². The van der Waals surface area contributed by atoms with Crippen molar-refractivity contribution < 1.29 is 32.2 Å². The lowest BCUT2D eigenvalue weighted by molar-refractivity contribution is -0.117. The number of fused-ring (bicyclic) bond motifs is 1. The molecule has 1 aromatic heterocycles. The van der Waals surface area contributed by atoms with Crippen LogP contribution in [0.3, 0.4) is 0 Å². The van der Waals surface area contributed by atoms with Gasteiger partial charge in [0, 0.05) is 12.7 Å². The van der Waals surface area contributed by atoms with Crippen LogP contribution in [0.2, 0.25) is 0 Å². The Labute approximate surface area is 452 Å². The lowest BCUT2D eigenvalue weighted by Crippen LogP contribution is -2.47. The van der Waals surface area contributed by atoms with Crippen molar-refractivity contribution in [2.75, 3.05) is 25.6 Å². The van der Waals surface area contributed by atoms with E-state index < -0.39 is 27.9 Å². The average molecular weight is 1050 g/mol. The third kappa shape index (κ3) is 19.7. The van der Waals surface area contributed by atoms with Gasteiger partial charge in [0.15, 0.2) is 29.1 Å². The molecule has 1 N–H and O–H groups in total. The van der Waals surface area contributed by atoms with Crippen LogP contribution in [0.15, 0.2) is 95.1 Å². The number of carbonyl (C=O) groups is 2. The van der Waals surface area contributed by atoms with Crippen molar-refractivity contribution in [2.24, 2.45) is 33.6 Å². The van der Waals surface area contributed by atoms with Crippen molar-refractivity contribution in [3.63, 3.8) is 0 Å². The summed E-state index contributed by atoms with van der Waals surface area (Å²) >= 11 is 0. The van der Waals surface area contributed by atoms with Gasteiger partial charge in [0.05, 0.1) is 36.9 Å². The van der Waals surface area contributed by atoms with E-state index in [0.717, 1.165) is 51.4 Å². The lowest BCUT2D eigenvalue weighted by atomic mass is 9.76. The van der Waals surface area contributed by atoms with E-state index >= 15 is 4.79 Å². The average Bonchev–Trinajstić information content (AvgIpc) is 3.84. The molecule has 12 nitrogen and oxygen atoms in total. The fourth-order valence-electron chi connectivity index (χ4n) is 10.6. The van der Waals surface area contributed by atoms with Gasteiger partial charge in [-0.15, -0.1) is 0 Å². The molecule has 2 heterocycles. The molecule has 3 aromatic carbocycles. The summed E-state index contributed by atoms with van der Waals surface area (Å²) in [6.07, 6.45) is 26.2. The minimum Gasteiger partial charge on any atom is -0.489 e. The fraction of sp³-hybridized carbons (Fsp3) is 0.613. The molecule has 0 bridgehead atoms. The number of nitrogens with one attached hydrogen (secondary N) is 1. The minimum atomic E-state index is -4.17. The van der Waals surface area contributed by atoms with E-state index in [9.17, 15) is 13.2 Å². The highest BCUT2D eigenvalue weighted by atomic mass is 32.2. The van der Waals surface area contributed by atoms with Crippen LogP contribution in [0, 0.1) is 28.6 Å². The Morgan fingerprint density at radius 3 is 1.83 bits per heavy atom. The van der Waals surface area contributed by atoms with Crippen LogP contribution < -0.4 is 14.8 Å². The third-order valence-electron chi connectivity index (χ3n) is 14.3. The van der Waals surface area contributed by atoms with Gasteiger partial charge >= 0.3 is 5.97 Å². The molecule has 4 unspecified atom stereocenters. The third-order valence-corrected chi connectivity index (χ3v) is 16.2. The predicted octanol–water partition coefficient (Wildman–Crippen LogP) is 16.6. The first kappa shape index (κ1) is 60.7. The molecule has 0 fully saturated rings. The lowest BCUT2D eigenvalue weighted by Gasteiger charge is -2.33. The number of aromatic nitrogens is 2. The van der Waals surface area contributed by atoms with Crippen LogP contribution in [0.25, 0.3) is 0 Å². The van der Waals surface area contributed by atoms with Gasteiger partial charge in [0.2, 0.25) is 0 Å². The Morgan fingerprint density at radius 2 is 1.23 bits per heavy atom. The number of benzene rings is 3. The van der Waals surface area contributed by atoms with E-state index in [2.05, 4.69) is 72.7 Å². The Hall–Kier alpha value is -5.17. The molecule has 0 radical (unpaired) electrons. The molecule has 0 aliphatic carbocycles. The summed E-state index contributed by atoms with van der Waals surface area (Å²) in [5, 5.41) is 7.49. The van der Waals surface area contributed by atoms with Crippen molar-refractivity contribution in [3.05, 3.63) is 90.8 Å². The molecule has 414 valence electrons. The van der Waals surface area contributed by atoms with E-state index in [-0.39, 0.29) is 39.4 Å². The topological polar surface area (TPSA) is 141 Å². The zero-order chi connectivity index (χ0) is 54.4. The summed E-state index contributed by atoms with van der Waals surface area (Å²) < 4.78 is 50.2. The standard InChI is InChI=1S/C62H93N5O7S/c1-11-12-13-14-15-16-17-18-19-20-21-22-23-24-25-32-41-67-58(64-52-34-27-31-38-56(52)75(67,70)71)57(66-45-50(44-63-66)60(69)72-10)59(68)65-51-33-26-28-35-53(51)74-55-37-30-29-36-54(55)73-46-49(48(3)43-62(7,8)9)40-39-47(2)42-61(4,5)6/h26-31,33-38,44-45,47-49,57H,11-25,32,39-43,46H2,1-10H3,(H,65,68). The van der Waals surface area contributed by atoms with Crippen molar-refractivity contribution >= 4 is 39.1 Å². The molecular formula is C62H93N5O7S. The molecule has 1 aliphatic heterocycles. The molecular weight excluding hydrogens is 959 g/mol. The van der Waals surface area contributed by atoms with Gasteiger partial charge in [-0.1, -0.05) is 201 Å². The predicted molar refractivity (Wildman–Crippen MR) is 306 cm³/mol. The maximum atomic E-state index is 15.1. The van der Waals surface area contributed by atoms with Crippen molar-refractivity contribution in [3.8, 4) is 17.2 Å². The first-order valence-electron chi connectivity index (χ1n) is 28.4. The molecule has 0 saturated carbocycles. The van der Waals surface area contributed by atoms with Crippen molar-refractivity contribution in [2.45, 2.75) is 202 Å². The number of anilines is 1. The number of rotatable bonds is 33. The van der Waals surface area contributed by atoms with Gasteiger partial charge in [0.25, 0.3) is 15.9 Å². The molecule has 1 aliphatic rings. The Balaban J connectivity index is 1.33. The van der Waals surface area contributed by atoms with Gasteiger partial charge in [-0.3, -0.25) is 13.8 Å². The number of aliphatic imine (C=N–C) groups is 1. The molecule has 5 rings (SSSR count). The summed E-state index contributed by atoms with van der Waals surface area (Å²) in [4.78, 5) is 32.8. The first-order chi connectivity index (χ1) is 35.8. The number of para-hydroxylation sites is 5. The Morgan fingerprint density at radius 1 is 0.680 bits per heavy atom. The van der Waals surface area contributed by atoms with Gasteiger partial charge in [0.1, 0.15) is 4.90 Å². The highest BCUT2D eigenvalue weighted by molar-refractivity contribution is 7.90. The largest absolute Gasteiger partial charge is 0.489 e.